The Morgan fingerprint density at radius 2 is 2.00 bits per heavy atom. The van der Waals surface area contributed by atoms with Gasteiger partial charge in [-0.05, 0) is 11.6 Å². The fourth-order valence-electron chi connectivity index (χ4n) is 1.74. The first-order valence-corrected chi connectivity index (χ1v) is 6.42. The molecule has 0 aliphatic carbocycles. The third-order valence-electron chi connectivity index (χ3n) is 2.56. The second-order valence-corrected chi connectivity index (χ2v) is 6.12. The van der Waals surface area contributed by atoms with E-state index in [1.165, 1.54) is 12.3 Å². The number of benzene rings is 1. The summed E-state index contributed by atoms with van der Waals surface area (Å²) in [6.45, 7) is 0.270. The second-order valence-electron chi connectivity index (χ2n) is 3.84. The van der Waals surface area contributed by atoms with E-state index in [-0.39, 0.29) is 17.9 Å². The van der Waals surface area contributed by atoms with E-state index in [9.17, 15) is 4.79 Å². The molecule has 1 N–H and O–H groups in total. The summed E-state index contributed by atoms with van der Waals surface area (Å²) in [7, 11) is 0. The molecule has 0 spiro atoms. The zero-order valence-corrected chi connectivity index (χ0v) is 11.8. The Kier molecular flexibility index (Phi) is 4.04. The van der Waals surface area contributed by atoms with Gasteiger partial charge in [-0.15, -0.1) is 0 Å². The number of carboxylic acids is 1. The van der Waals surface area contributed by atoms with Crippen LogP contribution in [0, 0.1) is 0 Å². The highest BCUT2D eigenvalue weighted by atomic mass is 35.6. The van der Waals surface area contributed by atoms with Gasteiger partial charge < -0.3 is 9.67 Å². The molecule has 0 aliphatic rings. The van der Waals surface area contributed by atoms with E-state index in [0.717, 1.165) is 0 Å². The fraction of sp³-hybridized carbons (Fsp3) is 0.167. The topological polar surface area (TPSA) is 55.1 Å². The molecule has 4 nitrogen and oxygen atoms in total. The summed E-state index contributed by atoms with van der Waals surface area (Å²) in [5, 5.41) is 9.12. The molecule has 2 rings (SSSR count). The summed E-state index contributed by atoms with van der Waals surface area (Å²) in [6.07, 6.45) is 3.14. The predicted octanol–water partition coefficient (Wildman–Crippen LogP) is 3.46. The van der Waals surface area contributed by atoms with Crippen LogP contribution in [0.3, 0.4) is 0 Å². The molecule has 0 saturated heterocycles. The lowest BCUT2D eigenvalue weighted by Crippen LogP contribution is -2.14. The van der Waals surface area contributed by atoms with E-state index in [0.29, 0.717) is 5.56 Å². The molecule has 0 saturated carbocycles. The van der Waals surface area contributed by atoms with Gasteiger partial charge in [0.15, 0.2) is 5.82 Å². The largest absolute Gasteiger partial charge is 0.478 e. The van der Waals surface area contributed by atoms with Crippen molar-refractivity contribution in [3.63, 3.8) is 0 Å². The van der Waals surface area contributed by atoms with Gasteiger partial charge in [0, 0.05) is 18.9 Å². The lowest BCUT2D eigenvalue weighted by atomic mass is 10.1. The third kappa shape index (κ3) is 3.21. The van der Waals surface area contributed by atoms with Gasteiger partial charge in [-0.3, -0.25) is 0 Å². The van der Waals surface area contributed by atoms with Crippen molar-refractivity contribution in [2.75, 3.05) is 0 Å². The van der Waals surface area contributed by atoms with Crippen LogP contribution in [0.1, 0.15) is 21.7 Å². The number of alkyl halides is 3. The molecule has 100 valence electrons. The first kappa shape index (κ1) is 14.2. The van der Waals surface area contributed by atoms with E-state index >= 15 is 0 Å². The molecule has 2 aromatic rings. The Hall–Kier alpha value is -1.23. The van der Waals surface area contributed by atoms with Gasteiger partial charge in [0.25, 0.3) is 0 Å². The number of aromatic nitrogens is 2. The summed E-state index contributed by atoms with van der Waals surface area (Å²) in [4.78, 5) is 15.1. The average molecular weight is 320 g/mol. The quantitative estimate of drug-likeness (QED) is 0.882. The molecule has 1 aromatic carbocycles. The molecule has 1 heterocycles. The van der Waals surface area contributed by atoms with E-state index in [4.69, 9.17) is 39.9 Å². The van der Waals surface area contributed by atoms with Crippen molar-refractivity contribution in [1.29, 1.82) is 0 Å². The van der Waals surface area contributed by atoms with Crippen molar-refractivity contribution in [2.45, 2.75) is 10.3 Å². The molecule has 1 aromatic heterocycles. The molecule has 0 bridgehead atoms. The minimum Gasteiger partial charge on any atom is -0.478 e. The van der Waals surface area contributed by atoms with Gasteiger partial charge in [0.1, 0.15) is 0 Å². The Labute approximate surface area is 124 Å². The number of nitrogens with zero attached hydrogens (tertiary/aromatic N) is 2. The van der Waals surface area contributed by atoms with Crippen LogP contribution in [-0.2, 0) is 10.3 Å². The lowest BCUT2D eigenvalue weighted by Gasteiger charge is -2.14. The van der Waals surface area contributed by atoms with Crippen molar-refractivity contribution in [3.8, 4) is 0 Å². The Bertz CT molecular complexity index is 605. The number of carbonyl (C=O) groups is 1. The molecule has 0 amide bonds. The minimum absolute atomic E-state index is 0.214. The van der Waals surface area contributed by atoms with Gasteiger partial charge in [-0.25, -0.2) is 9.78 Å². The number of hydrogen-bond acceptors (Lipinski definition) is 2. The molecule has 0 fully saturated rings. The van der Waals surface area contributed by atoms with Gasteiger partial charge in [0.2, 0.25) is 3.79 Å². The maximum absolute atomic E-state index is 11.1. The molecule has 0 radical (unpaired) electrons. The summed E-state index contributed by atoms with van der Waals surface area (Å²) >= 11 is 17.4. The second kappa shape index (κ2) is 5.41. The monoisotopic (exact) mass is 318 g/mol. The Morgan fingerprint density at radius 1 is 1.32 bits per heavy atom. The van der Waals surface area contributed by atoms with Crippen LogP contribution >= 0.6 is 34.8 Å². The minimum atomic E-state index is -1.65. The number of aromatic carboxylic acids is 1. The molecular weight excluding hydrogens is 311 g/mol. The summed E-state index contributed by atoms with van der Waals surface area (Å²) < 4.78 is -0.0452. The van der Waals surface area contributed by atoms with Gasteiger partial charge in [-0.2, -0.15) is 0 Å². The maximum Gasteiger partial charge on any atom is 0.336 e. The summed E-state index contributed by atoms with van der Waals surface area (Å²) in [6, 6.07) is 6.67. The number of hydrogen-bond donors (Lipinski definition) is 1. The van der Waals surface area contributed by atoms with Gasteiger partial charge in [-0.1, -0.05) is 53.0 Å². The smallest absolute Gasteiger partial charge is 0.336 e. The van der Waals surface area contributed by atoms with Crippen LogP contribution in [0.15, 0.2) is 36.7 Å². The van der Waals surface area contributed by atoms with Gasteiger partial charge in [0.05, 0.1) is 5.56 Å². The highest BCUT2D eigenvalue weighted by Gasteiger charge is 2.28. The summed E-state index contributed by atoms with van der Waals surface area (Å²) in [5.74, 6) is -0.746. The van der Waals surface area contributed by atoms with E-state index in [1.54, 1.807) is 29.0 Å². The average Bonchev–Trinajstić information content (AvgIpc) is 2.77. The highest BCUT2D eigenvalue weighted by molar-refractivity contribution is 6.66. The molecule has 19 heavy (non-hydrogen) atoms. The zero-order chi connectivity index (χ0) is 14.0. The number of rotatable bonds is 3. The van der Waals surface area contributed by atoms with Crippen LogP contribution in [0.25, 0.3) is 0 Å². The molecule has 0 aliphatic heterocycles. The van der Waals surface area contributed by atoms with Gasteiger partial charge >= 0.3 is 5.97 Å². The van der Waals surface area contributed by atoms with E-state index in [2.05, 4.69) is 4.98 Å². The fourth-order valence-corrected chi connectivity index (χ4v) is 2.22. The molecule has 0 unspecified atom stereocenters. The van der Waals surface area contributed by atoms with Crippen molar-refractivity contribution < 1.29 is 9.90 Å². The van der Waals surface area contributed by atoms with Crippen molar-refractivity contribution in [1.82, 2.24) is 9.55 Å². The number of carboxylic acid groups (broad SMARTS) is 1. The van der Waals surface area contributed by atoms with Crippen molar-refractivity contribution in [3.05, 3.63) is 53.6 Å². The molecular formula is C12H9Cl3N2O2. The SMILES string of the molecule is O=C(O)c1ccccc1Cn1ccnc1C(Cl)(Cl)Cl. The number of imidazole rings is 1. The Balaban J connectivity index is 2.38. The lowest BCUT2D eigenvalue weighted by molar-refractivity contribution is 0.0695. The van der Waals surface area contributed by atoms with Crippen molar-refractivity contribution >= 4 is 40.8 Å². The molecule has 7 heteroatoms. The van der Waals surface area contributed by atoms with Crippen molar-refractivity contribution in [2.24, 2.45) is 0 Å². The standard InChI is InChI=1S/C12H9Cl3N2O2/c13-12(14,15)11-16-5-6-17(11)7-8-3-1-2-4-9(8)10(18)19/h1-6H,7H2,(H,18,19). The highest BCUT2D eigenvalue weighted by Crippen LogP contribution is 2.37. The Morgan fingerprint density at radius 3 is 2.63 bits per heavy atom. The first-order chi connectivity index (χ1) is 8.89. The summed E-state index contributed by atoms with van der Waals surface area (Å²) in [5.41, 5.74) is 0.829. The zero-order valence-electron chi connectivity index (χ0n) is 9.55. The van der Waals surface area contributed by atoms with E-state index < -0.39 is 9.76 Å². The van der Waals surface area contributed by atoms with Crippen LogP contribution in [0.2, 0.25) is 0 Å². The maximum atomic E-state index is 11.1. The van der Waals surface area contributed by atoms with E-state index in [1.807, 2.05) is 0 Å². The van der Waals surface area contributed by atoms with Crippen LogP contribution in [-0.4, -0.2) is 20.6 Å². The van der Waals surface area contributed by atoms with Crippen LogP contribution < -0.4 is 0 Å². The normalized spacial score (nSPS) is 11.5. The predicted molar refractivity (Wildman–Crippen MR) is 74.0 cm³/mol. The third-order valence-corrected chi connectivity index (χ3v) is 3.06. The number of halogens is 3. The van der Waals surface area contributed by atoms with Crippen LogP contribution in [0.5, 0.6) is 0 Å². The molecule has 0 atom stereocenters. The van der Waals surface area contributed by atoms with Crippen LogP contribution in [0.4, 0.5) is 0 Å². The first-order valence-electron chi connectivity index (χ1n) is 5.29.